The van der Waals surface area contributed by atoms with Crippen molar-refractivity contribution in [2.45, 2.75) is 33.1 Å². The van der Waals surface area contributed by atoms with E-state index < -0.39 is 0 Å². The Balaban J connectivity index is 2.34. The number of hydrogen-bond acceptors (Lipinski definition) is 2. The first kappa shape index (κ1) is 11.0. The maximum absolute atomic E-state index is 5.83. The Morgan fingerprint density at radius 1 is 1.31 bits per heavy atom. The van der Waals surface area contributed by atoms with Crippen LogP contribution in [0.3, 0.4) is 0 Å². The van der Waals surface area contributed by atoms with E-state index in [0.29, 0.717) is 0 Å². The molecule has 0 unspecified atom stereocenters. The van der Waals surface area contributed by atoms with E-state index in [1.165, 1.54) is 32.4 Å². The number of nitrogens with two attached hydrogens (primary N) is 1. The number of hydrogen-bond donors (Lipinski definition) is 2. The first-order valence-electron chi connectivity index (χ1n) is 5.64. The van der Waals surface area contributed by atoms with Gasteiger partial charge in [0.25, 0.3) is 0 Å². The molecule has 0 radical (unpaired) electrons. The Morgan fingerprint density at radius 3 is 2.38 bits per heavy atom. The molecule has 1 rings (SSSR count). The third kappa shape index (κ3) is 3.65. The Labute approximate surface area is 82.3 Å². The molecule has 0 aromatic carbocycles. The zero-order valence-electron chi connectivity index (χ0n) is 9.05. The molecule has 78 valence electrons. The van der Waals surface area contributed by atoms with E-state index in [4.69, 9.17) is 5.73 Å². The summed E-state index contributed by atoms with van der Waals surface area (Å²) in [6.07, 6.45) is 3.96. The van der Waals surface area contributed by atoms with Crippen LogP contribution in [0.5, 0.6) is 0 Å². The van der Waals surface area contributed by atoms with Gasteiger partial charge in [0, 0.05) is 0 Å². The van der Waals surface area contributed by atoms with Crippen molar-refractivity contribution in [2.24, 2.45) is 23.5 Å². The van der Waals surface area contributed by atoms with Crippen LogP contribution in [0, 0.1) is 17.8 Å². The lowest BCUT2D eigenvalue weighted by molar-refractivity contribution is 0.232. The van der Waals surface area contributed by atoms with Crippen LogP contribution in [-0.4, -0.2) is 19.6 Å². The molecule has 0 bridgehead atoms. The molecule has 0 amide bonds. The second-order valence-corrected chi connectivity index (χ2v) is 4.71. The molecule has 0 aromatic rings. The standard InChI is InChI=1S/C11H24N2/c1-9(2)7-11(8-12)10-3-5-13-6-4-10/h9-11,13H,3-8,12H2,1-2H3/t11-/m0/s1. The van der Waals surface area contributed by atoms with Crippen LogP contribution < -0.4 is 11.1 Å². The lowest BCUT2D eigenvalue weighted by atomic mass is 9.80. The van der Waals surface area contributed by atoms with Gasteiger partial charge in [-0.3, -0.25) is 0 Å². The van der Waals surface area contributed by atoms with Crippen molar-refractivity contribution in [1.82, 2.24) is 5.32 Å². The Morgan fingerprint density at radius 2 is 1.92 bits per heavy atom. The highest BCUT2D eigenvalue weighted by atomic mass is 14.9. The average molecular weight is 184 g/mol. The maximum atomic E-state index is 5.83. The van der Waals surface area contributed by atoms with Crippen LogP contribution in [0.2, 0.25) is 0 Å². The van der Waals surface area contributed by atoms with E-state index in [9.17, 15) is 0 Å². The third-order valence-electron chi connectivity index (χ3n) is 3.13. The summed E-state index contributed by atoms with van der Waals surface area (Å²) in [5, 5.41) is 3.41. The summed E-state index contributed by atoms with van der Waals surface area (Å²) in [4.78, 5) is 0. The normalized spacial score (nSPS) is 22.2. The zero-order valence-corrected chi connectivity index (χ0v) is 9.05. The highest BCUT2D eigenvalue weighted by Gasteiger charge is 2.22. The summed E-state index contributed by atoms with van der Waals surface area (Å²) in [5.41, 5.74) is 5.83. The topological polar surface area (TPSA) is 38.0 Å². The maximum Gasteiger partial charge on any atom is -0.00461 e. The van der Waals surface area contributed by atoms with Gasteiger partial charge in [-0.25, -0.2) is 0 Å². The minimum atomic E-state index is 0.766. The first-order valence-corrected chi connectivity index (χ1v) is 5.64. The lowest BCUT2D eigenvalue weighted by Gasteiger charge is -2.30. The monoisotopic (exact) mass is 184 g/mol. The predicted octanol–water partition coefficient (Wildman–Crippen LogP) is 1.61. The highest BCUT2D eigenvalue weighted by Crippen LogP contribution is 2.26. The fourth-order valence-electron chi connectivity index (χ4n) is 2.40. The summed E-state index contributed by atoms with van der Waals surface area (Å²) in [6.45, 7) is 7.86. The van der Waals surface area contributed by atoms with Crippen molar-refractivity contribution >= 4 is 0 Å². The zero-order chi connectivity index (χ0) is 9.68. The van der Waals surface area contributed by atoms with Crippen LogP contribution in [-0.2, 0) is 0 Å². The largest absolute Gasteiger partial charge is 0.330 e. The number of nitrogens with one attached hydrogen (secondary N) is 1. The lowest BCUT2D eigenvalue weighted by Crippen LogP contribution is -2.35. The molecule has 3 N–H and O–H groups in total. The van der Waals surface area contributed by atoms with E-state index in [-0.39, 0.29) is 0 Å². The van der Waals surface area contributed by atoms with Gasteiger partial charge in [0.15, 0.2) is 0 Å². The molecule has 2 nitrogen and oxygen atoms in total. The second kappa shape index (κ2) is 5.61. The highest BCUT2D eigenvalue weighted by molar-refractivity contribution is 4.77. The Kier molecular flexibility index (Phi) is 4.74. The van der Waals surface area contributed by atoms with Crippen LogP contribution in [0.4, 0.5) is 0 Å². The molecule has 1 heterocycles. The summed E-state index contributed by atoms with van der Waals surface area (Å²) in [6, 6.07) is 0. The van der Waals surface area contributed by atoms with E-state index in [1.807, 2.05) is 0 Å². The number of piperidine rings is 1. The van der Waals surface area contributed by atoms with Crippen LogP contribution in [0.15, 0.2) is 0 Å². The average Bonchev–Trinajstić information content (AvgIpc) is 2.15. The van der Waals surface area contributed by atoms with Crippen LogP contribution in [0.25, 0.3) is 0 Å². The summed E-state index contributed by atoms with van der Waals surface area (Å²) >= 11 is 0. The molecule has 1 atom stereocenters. The van der Waals surface area contributed by atoms with E-state index >= 15 is 0 Å². The first-order chi connectivity index (χ1) is 6.24. The van der Waals surface area contributed by atoms with Gasteiger partial charge in [0.05, 0.1) is 0 Å². The fourth-order valence-corrected chi connectivity index (χ4v) is 2.40. The van der Waals surface area contributed by atoms with Crippen molar-refractivity contribution in [3.63, 3.8) is 0 Å². The molecule has 0 aromatic heterocycles. The second-order valence-electron chi connectivity index (χ2n) is 4.71. The minimum absolute atomic E-state index is 0.766. The van der Waals surface area contributed by atoms with Crippen molar-refractivity contribution in [3.8, 4) is 0 Å². The van der Waals surface area contributed by atoms with Crippen molar-refractivity contribution in [1.29, 1.82) is 0 Å². The SMILES string of the molecule is CC(C)C[C@@H](CN)C1CCNCC1. The fraction of sp³-hybridized carbons (Fsp3) is 1.00. The summed E-state index contributed by atoms with van der Waals surface area (Å²) < 4.78 is 0. The molecule has 13 heavy (non-hydrogen) atoms. The molecular weight excluding hydrogens is 160 g/mol. The molecular formula is C11H24N2. The molecule has 0 saturated carbocycles. The van der Waals surface area contributed by atoms with E-state index in [0.717, 1.165) is 24.3 Å². The molecule has 1 aliphatic heterocycles. The van der Waals surface area contributed by atoms with E-state index in [1.54, 1.807) is 0 Å². The smallest absolute Gasteiger partial charge is 0.00461 e. The van der Waals surface area contributed by atoms with Crippen molar-refractivity contribution in [2.75, 3.05) is 19.6 Å². The van der Waals surface area contributed by atoms with Gasteiger partial charge in [-0.05, 0) is 56.7 Å². The van der Waals surface area contributed by atoms with Crippen LogP contribution >= 0.6 is 0 Å². The third-order valence-corrected chi connectivity index (χ3v) is 3.13. The predicted molar refractivity (Wildman–Crippen MR) is 57.6 cm³/mol. The van der Waals surface area contributed by atoms with E-state index in [2.05, 4.69) is 19.2 Å². The number of rotatable bonds is 4. The van der Waals surface area contributed by atoms with Crippen molar-refractivity contribution in [3.05, 3.63) is 0 Å². The van der Waals surface area contributed by atoms with Crippen molar-refractivity contribution < 1.29 is 0 Å². The molecule has 1 saturated heterocycles. The molecule has 0 aliphatic carbocycles. The Bertz CT molecular complexity index is 128. The molecule has 2 heteroatoms. The van der Waals surface area contributed by atoms with Gasteiger partial charge < -0.3 is 11.1 Å². The van der Waals surface area contributed by atoms with Gasteiger partial charge in [-0.2, -0.15) is 0 Å². The molecule has 1 aliphatic rings. The quantitative estimate of drug-likeness (QED) is 0.696. The van der Waals surface area contributed by atoms with Gasteiger partial charge in [0.1, 0.15) is 0 Å². The van der Waals surface area contributed by atoms with Gasteiger partial charge in [-0.1, -0.05) is 13.8 Å². The van der Waals surface area contributed by atoms with Gasteiger partial charge in [-0.15, -0.1) is 0 Å². The summed E-state index contributed by atoms with van der Waals surface area (Å²) in [5.74, 6) is 2.44. The molecule has 0 spiro atoms. The molecule has 1 fully saturated rings. The van der Waals surface area contributed by atoms with Gasteiger partial charge >= 0.3 is 0 Å². The Hall–Kier alpha value is -0.0800. The van der Waals surface area contributed by atoms with Gasteiger partial charge in [0.2, 0.25) is 0 Å². The summed E-state index contributed by atoms with van der Waals surface area (Å²) in [7, 11) is 0. The minimum Gasteiger partial charge on any atom is -0.330 e. The van der Waals surface area contributed by atoms with Crippen LogP contribution in [0.1, 0.15) is 33.1 Å².